The van der Waals surface area contributed by atoms with Gasteiger partial charge in [-0.05, 0) is 31.4 Å². The molecule has 2 aliphatic rings. The van der Waals surface area contributed by atoms with E-state index in [9.17, 15) is 19.7 Å². The van der Waals surface area contributed by atoms with Gasteiger partial charge in [0, 0.05) is 47.7 Å². The predicted octanol–water partition coefficient (Wildman–Crippen LogP) is 4.44. The number of amides is 1. The Morgan fingerprint density at radius 1 is 1.13 bits per heavy atom. The highest BCUT2D eigenvalue weighted by atomic mass is 16.6. The summed E-state index contributed by atoms with van der Waals surface area (Å²) in [5.74, 6) is 0.0999. The van der Waals surface area contributed by atoms with Gasteiger partial charge in [0.2, 0.25) is 5.91 Å². The molecule has 4 rings (SSSR count). The lowest BCUT2D eigenvalue weighted by atomic mass is 9.76. The molecule has 1 amide bonds. The number of ketones is 1. The number of aryl methyl sites for hydroxylation is 1. The van der Waals surface area contributed by atoms with E-state index in [4.69, 9.17) is 4.74 Å². The van der Waals surface area contributed by atoms with Crippen LogP contribution in [-0.4, -0.2) is 23.7 Å². The summed E-state index contributed by atoms with van der Waals surface area (Å²) in [5.41, 5.74) is 3.22. The van der Waals surface area contributed by atoms with Crippen molar-refractivity contribution in [3.8, 4) is 5.75 Å². The van der Waals surface area contributed by atoms with Crippen LogP contribution in [0.1, 0.15) is 42.7 Å². The van der Waals surface area contributed by atoms with Crippen molar-refractivity contribution in [3.63, 3.8) is 0 Å². The van der Waals surface area contributed by atoms with Gasteiger partial charge in [-0.3, -0.25) is 24.6 Å². The molecule has 1 heterocycles. The fourth-order valence-corrected chi connectivity index (χ4v) is 4.44. The second kappa shape index (κ2) is 7.74. The largest absolute Gasteiger partial charge is 0.496 e. The van der Waals surface area contributed by atoms with Gasteiger partial charge in [-0.15, -0.1) is 0 Å². The van der Waals surface area contributed by atoms with E-state index in [0.717, 1.165) is 11.1 Å². The quantitative estimate of drug-likeness (QED) is 0.553. The summed E-state index contributed by atoms with van der Waals surface area (Å²) in [5, 5.41) is 11.3. The van der Waals surface area contributed by atoms with Crippen LogP contribution >= 0.6 is 0 Å². The zero-order valence-electron chi connectivity index (χ0n) is 16.9. The second-order valence-corrected chi connectivity index (χ2v) is 7.59. The molecule has 0 fully saturated rings. The van der Waals surface area contributed by atoms with Crippen LogP contribution in [0.2, 0.25) is 0 Å². The average molecular weight is 406 g/mol. The highest BCUT2D eigenvalue weighted by Crippen LogP contribution is 2.46. The molecule has 2 aromatic carbocycles. The SMILES string of the molecule is COc1ccccc1C1CC(=O)N(c2cc([N+](=O)[O-])ccc2C)C2=C1C(=O)CCC2. The summed E-state index contributed by atoms with van der Waals surface area (Å²) in [7, 11) is 1.57. The summed E-state index contributed by atoms with van der Waals surface area (Å²) < 4.78 is 5.49. The topological polar surface area (TPSA) is 89.8 Å². The first kappa shape index (κ1) is 19.8. The highest BCUT2D eigenvalue weighted by Gasteiger charge is 2.41. The fraction of sp³-hybridized carbons (Fsp3) is 0.304. The summed E-state index contributed by atoms with van der Waals surface area (Å²) in [6.45, 7) is 1.81. The molecule has 1 aliphatic heterocycles. The van der Waals surface area contributed by atoms with Gasteiger partial charge in [0.25, 0.3) is 5.69 Å². The maximum atomic E-state index is 13.3. The number of benzene rings is 2. The van der Waals surface area contributed by atoms with Crippen molar-refractivity contribution in [2.45, 2.75) is 38.5 Å². The lowest BCUT2D eigenvalue weighted by molar-refractivity contribution is -0.384. The minimum absolute atomic E-state index is 0.0211. The number of nitro benzene ring substituents is 1. The van der Waals surface area contributed by atoms with Crippen LogP contribution in [-0.2, 0) is 9.59 Å². The van der Waals surface area contributed by atoms with E-state index in [1.807, 2.05) is 31.2 Å². The molecule has 7 heteroatoms. The minimum atomic E-state index is -0.476. The number of non-ortho nitro benzene ring substituents is 1. The molecule has 0 N–H and O–H groups in total. The van der Waals surface area contributed by atoms with E-state index in [2.05, 4.69) is 0 Å². The zero-order valence-corrected chi connectivity index (χ0v) is 16.9. The van der Waals surface area contributed by atoms with E-state index in [1.54, 1.807) is 13.2 Å². The molecule has 1 unspecified atom stereocenters. The van der Waals surface area contributed by atoms with Gasteiger partial charge in [-0.2, -0.15) is 0 Å². The van der Waals surface area contributed by atoms with Gasteiger partial charge in [-0.25, -0.2) is 0 Å². The molecule has 0 radical (unpaired) electrons. The van der Waals surface area contributed by atoms with Crippen LogP contribution < -0.4 is 9.64 Å². The Morgan fingerprint density at radius 2 is 1.90 bits per heavy atom. The van der Waals surface area contributed by atoms with Crippen LogP contribution in [0.3, 0.4) is 0 Å². The average Bonchev–Trinajstić information content (AvgIpc) is 2.74. The molecular formula is C23H22N2O5. The smallest absolute Gasteiger partial charge is 0.271 e. The van der Waals surface area contributed by atoms with E-state index in [-0.39, 0.29) is 29.7 Å². The number of rotatable bonds is 4. The molecule has 1 aliphatic carbocycles. The van der Waals surface area contributed by atoms with Crippen LogP contribution in [0.4, 0.5) is 11.4 Å². The van der Waals surface area contributed by atoms with E-state index >= 15 is 0 Å². The molecular weight excluding hydrogens is 384 g/mol. The van der Waals surface area contributed by atoms with Crippen LogP contribution in [0.25, 0.3) is 0 Å². The maximum absolute atomic E-state index is 13.3. The van der Waals surface area contributed by atoms with Crippen molar-refractivity contribution < 1.29 is 19.2 Å². The minimum Gasteiger partial charge on any atom is -0.496 e. The van der Waals surface area contributed by atoms with E-state index in [1.165, 1.54) is 17.0 Å². The molecule has 30 heavy (non-hydrogen) atoms. The monoisotopic (exact) mass is 406 g/mol. The van der Waals surface area contributed by atoms with Crippen LogP contribution in [0, 0.1) is 17.0 Å². The third-order valence-corrected chi connectivity index (χ3v) is 5.83. The number of allylic oxidation sites excluding steroid dienone is 2. The van der Waals surface area contributed by atoms with Gasteiger partial charge < -0.3 is 4.74 Å². The molecule has 2 aromatic rings. The van der Waals surface area contributed by atoms with Crippen LogP contribution in [0.5, 0.6) is 5.75 Å². The Bertz CT molecular complexity index is 1090. The normalized spacial score (nSPS) is 19.0. The number of Topliss-reactive ketones (excluding diaryl/α,β-unsaturated/α-hetero) is 1. The Morgan fingerprint density at radius 3 is 2.63 bits per heavy atom. The first-order valence-corrected chi connectivity index (χ1v) is 9.89. The molecule has 7 nitrogen and oxygen atoms in total. The Kier molecular flexibility index (Phi) is 5.11. The fourth-order valence-electron chi connectivity index (χ4n) is 4.44. The molecule has 154 valence electrons. The molecule has 0 spiro atoms. The molecule has 0 bridgehead atoms. The lowest BCUT2D eigenvalue weighted by Crippen LogP contribution is -2.41. The third kappa shape index (κ3) is 3.26. The maximum Gasteiger partial charge on any atom is 0.271 e. The number of carbonyl (C=O) groups excluding carboxylic acids is 2. The second-order valence-electron chi connectivity index (χ2n) is 7.59. The van der Waals surface area contributed by atoms with Crippen molar-refractivity contribution in [2.75, 3.05) is 12.0 Å². The van der Waals surface area contributed by atoms with Gasteiger partial charge in [0.1, 0.15) is 5.75 Å². The van der Waals surface area contributed by atoms with Gasteiger partial charge >= 0.3 is 0 Å². The number of para-hydroxylation sites is 1. The van der Waals surface area contributed by atoms with E-state index in [0.29, 0.717) is 42.0 Å². The first-order valence-electron chi connectivity index (χ1n) is 9.89. The summed E-state index contributed by atoms with van der Waals surface area (Å²) in [6.07, 6.45) is 1.75. The zero-order chi connectivity index (χ0) is 21.4. The van der Waals surface area contributed by atoms with E-state index < -0.39 is 4.92 Å². The summed E-state index contributed by atoms with van der Waals surface area (Å²) >= 11 is 0. The van der Waals surface area contributed by atoms with Gasteiger partial charge in [0.05, 0.1) is 17.7 Å². The predicted molar refractivity (Wildman–Crippen MR) is 112 cm³/mol. The van der Waals surface area contributed by atoms with Crippen molar-refractivity contribution >= 4 is 23.1 Å². The van der Waals surface area contributed by atoms with Crippen molar-refractivity contribution in [3.05, 3.63) is 75.0 Å². The molecule has 0 saturated heterocycles. The number of nitro groups is 1. The molecule has 0 saturated carbocycles. The van der Waals surface area contributed by atoms with Crippen molar-refractivity contribution in [1.82, 2.24) is 0 Å². The number of hydrogen-bond donors (Lipinski definition) is 0. The molecule has 1 atom stereocenters. The number of ether oxygens (including phenoxy) is 1. The standard InChI is InChI=1S/C23H22N2O5/c1-14-10-11-15(25(28)29)12-19(14)24-18-7-5-8-20(26)23(18)17(13-22(24)27)16-6-3-4-9-21(16)30-2/h3-4,6,9-12,17H,5,7-8,13H2,1-2H3. The highest BCUT2D eigenvalue weighted by molar-refractivity contribution is 6.08. The van der Waals surface area contributed by atoms with Crippen LogP contribution in [0.15, 0.2) is 53.7 Å². The Balaban J connectivity index is 1.91. The number of nitrogens with zero attached hydrogens (tertiary/aromatic N) is 2. The van der Waals surface area contributed by atoms with Crippen molar-refractivity contribution in [2.24, 2.45) is 0 Å². The lowest BCUT2D eigenvalue weighted by Gasteiger charge is -2.39. The number of carbonyl (C=O) groups is 2. The Hall–Kier alpha value is -3.48. The number of methoxy groups -OCH3 is 1. The van der Waals surface area contributed by atoms with Gasteiger partial charge in [-0.1, -0.05) is 24.3 Å². The summed E-state index contributed by atoms with van der Waals surface area (Å²) in [6, 6.07) is 11.9. The number of anilines is 1. The molecule has 0 aromatic heterocycles. The number of hydrogen-bond acceptors (Lipinski definition) is 5. The van der Waals surface area contributed by atoms with Gasteiger partial charge in [0.15, 0.2) is 5.78 Å². The first-order chi connectivity index (χ1) is 14.4. The summed E-state index contributed by atoms with van der Waals surface area (Å²) in [4.78, 5) is 38.7. The third-order valence-electron chi connectivity index (χ3n) is 5.83. The Labute approximate surface area is 174 Å². The van der Waals surface area contributed by atoms with Crippen molar-refractivity contribution in [1.29, 1.82) is 0 Å².